The van der Waals surface area contributed by atoms with Crippen LogP contribution in [0.3, 0.4) is 0 Å². The molecule has 3 aromatic carbocycles. The molecule has 0 saturated carbocycles. The van der Waals surface area contributed by atoms with Gasteiger partial charge in [-0.15, -0.1) is 0 Å². The number of aromatic nitrogens is 2. The van der Waals surface area contributed by atoms with E-state index in [2.05, 4.69) is 10.00 Å². The minimum absolute atomic E-state index is 0.0194. The third kappa shape index (κ3) is 4.43. The number of benzene rings is 3. The Morgan fingerprint density at radius 2 is 1.56 bits per heavy atom. The first-order valence-electron chi connectivity index (χ1n) is 11.4. The van der Waals surface area contributed by atoms with Gasteiger partial charge in [0, 0.05) is 29.7 Å². The van der Waals surface area contributed by atoms with Crippen LogP contribution in [-0.2, 0) is 4.74 Å². The number of aromatic carboxylic acids is 1. The molecule has 1 aromatic heterocycles. The molecule has 0 spiro atoms. The van der Waals surface area contributed by atoms with E-state index < -0.39 is 5.97 Å². The maximum absolute atomic E-state index is 13.4. The molecule has 0 amide bonds. The SMILES string of the molecule is CC.O=C(O)c1ccc(N2CCOCC2)cc1-n1nc(-c2ccccc2)c2ccccc2c1=O. The van der Waals surface area contributed by atoms with E-state index in [1.54, 1.807) is 24.3 Å². The number of ether oxygens (including phenoxy) is 1. The second-order valence-corrected chi connectivity index (χ2v) is 7.58. The highest BCUT2D eigenvalue weighted by atomic mass is 16.5. The Morgan fingerprint density at radius 3 is 2.24 bits per heavy atom. The van der Waals surface area contributed by atoms with E-state index >= 15 is 0 Å². The summed E-state index contributed by atoms with van der Waals surface area (Å²) in [5.41, 5.74) is 2.20. The zero-order valence-corrected chi connectivity index (χ0v) is 19.3. The number of morpholine rings is 1. The van der Waals surface area contributed by atoms with Crippen molar-refractivity contribution in [3.8, 4) is 16.9 Å². The van der Waals surface area contributed by atoms with Crippen LogP contribution >= 0.6 is 0 Å². The molecular formula is C27H27N3O4. The predicted molar refractivity (Wildman–Crippen MR) is 134 cm³/mol. The number of carboxylic acid groups (broad SMARTS) is 1. The molecule has 1 saturated heterocycles. The molecule has 4 aromatic rings. The van der Waals surface area contributed by atoms with Gasteiger partial charge in [0.1, 0.15) is 0 Å². The molecule has 174 valence electrons. The van der Waals surface area contributed by atoms with E-state index in [0.29, 0.717) is 37.4 Å². The van der Waals surface area contributed by atoms with Gasteiger partial charge in [-0.25, -0.2) is 4.79 Å². The minimum Gasteiger partial charge on any atom is -0.478 e. The van der Waals surface area contributed by atoms with E-state index in [9.17, 15) is 14.7 Å². The fourth-order valence-electron chi connectivity index (χ4n) is 4.06. The second-order valence-electron chi connectivity index (χ2n) is 7.58. The topological polar surface area (TPSA) is 84.7 Å². The zero-order valence-electron chi connectivity index (χ0n) is 19.3. The molecule has 1 aliphatic heterocycles. The fourth-order valence-corrected chi connectivity index (χ4v) is 4.06. The van der Waals surface area contributed by atoms with Crippen LogP contribution in [-0.4, -0.2) is 47.2 Å². The Morgan fingerprint density at radius 1 is 0.912 bits per heavy atom. The molecule has 2 heterocycles. The van der Waals surface area contributed by atoms with Crippen molar-refractivity contribution in [1.29, 1.82) is 0 Å². The van der Waals surface area contributed by atoms with Crippen LogP contribution in [0, 0.1) is 0 Å². The number of fused-ring (bicyclic) bond motifs is 1. The third-order valence-corrected chi connectivity index (χ3v) is 5.67. The number of anilines is 1. The van der Waals surface area contributed by atoms with Crippen molar-refractivity contribution in [3.05, 3.63) is 88.7 Å². The normalized spacial score (nSPS) is 13.3. The van der Waals surface area contributed by atoms with Gasteiger partial charge in [0.25, 0.3) is 5.56 Å². The van der Waals surface area contributed by atoms with Gasteiger partial charge in [0.15, 0.2) is 0 Å². The number of hydrogen-bond acceptors (Lipinski definition) is 5. The highest BCUT2D eigenvalue weighted by Gasteiger charge is 2.20. The Labute approximate surface area is 197 Å². The van der Waals surface area contributed by atoms with Gasteiger partial charge in [-0.1, -0.05) is 62.4 Å². The summed E-state index contributed by atoms with van der Waals surface area (Å²) in [5.74, 6) is -1.11. The maximum Gasteiger partial charge on any atom is 0.337 e. The minimum atomic E-state index is -1.11. The van der Waals surface area contributed by atoms with Gasteiger partial charge in [-0.3, -0.25) is 4.79 Å². The lowest BCUT2D eigenvalue weighted by atomic mass is 10.0. The highest BCUT2D eigenvalue weighted by molar-refractivity contribution is 5.95. The smallest absolute Gasteiger partial charge is 0.337 e. The summed E-state index contributed by atoms with van der Waals surface area (Å²) in [6.45, 7) is 6.59. The highest BCUT2D eigenvalue weighted by Crippen LogP contribution is 2.27. The van der Waals surface area contributed by atoms with Crippen LogP contribution in [0.25, 0.3) is 27.7 Å². The fraction of sp³-hybridized carbons (Fsp3) is 0.222. The van der Waals surface area contributed by atoms with Gasteiger partial charge in [0.2, 0.25) is 0 Å². The van der Waals surface area contributed by atoms with Crippen LogP contribution in [0.15, 0.2) is 77.6 Å². The Balaban J connectivity index is 0.00000133. The van der Waals surface area contributed by atoms with Crippen molar-refractivity contribution >= 4 is 22.4 Å². The standard InChI is InChI=1S/C25H21N3O4.C2H6/c29-24-20-9-5-4-8-19(20)23(17-6-2-1-3-7-17)26-28(24)22-16-18(10-11-21(22)25(30)31)27-12-14-32-15-13-27;1-2/h1-11,16H,12-15H2,(H,30,31);1-2H3. The number of rotatable bonds is 4. The van der Waals surface area contributed by atoms with E-state index in [0.717, 1.165) is 16.6 Å². The van der Waals surface area contributed by atoms with Crippen LogP contribution in [0.5, 0.6) is 0 Å². The Kier molecular flexibility index (Phi) is 7.04. The third-order valence-electron chi connectivity index (χ3n) is 5.67. The van der Waals surface area contributed by atoms with Crippen LogP contribution < -0.4 is 10.5 Å². The average molecular weight is 458 g/mol. The first kappa shape index (κ1) is 23.2. The van der Waals surface area contributed by atoms with E-state index in [-0.39, 0.29) is 16.8 Å². The zero-order chi connectivity index (χ0) is 24.1. The first-order valence-corrected chi connectivity index (χ1v) is 11.4. The van der Waals surface area contributed by atoms with E-state index in [1.165, 1.54) is 10.7 Å². The van der Waals surface area contributed by atoms with Crippen LogP contribution in [0.1, 0.15) is 24.2 Å². The Bertz CT molecular complexity index is 1360. The lowest BCUT2D eigenvalue weighted by Gasteiger charge is -2.29. The molecule has 7 heteroatoms. The Hall–Kier alpha value is -3.97. The van der Waals surface area contributed by atoms with Crippen molar-refractivity contribution in [2.75, 3.05) is 31.2 Å². The molecule has 0 unspecified atom stereocenters. The number of nitrogens with zero attached hydrogens (tertiary/aromatic N) is 3. The van der Waals surface area contributed by atoms with Gasteiger partial charge < -0.3 is 14.7 Å². The lowest BCUT2D eigenvalue weighted by molar-refractivity contribution is 0.0696. The summed E-state index contributed by atoms with van der Waals surface area (Å²) in [6, 6.07) is 21.9. The summed E-state index contributed by atoms with van der Waals surface area (Å²) >= 11 is 0. The number of carboxylic acids is 1. The molecule has 0 aliphatic carbocycles. The second kappa shape index (κ2) is 10.3. The average Bonchev–Trinajstić information content (AvgIpc) is 2.91. The molecule has 1 N–H and O–H groups in total. The van der Waals surface area contributed by atoms with Crippen molar-refractivity contribution in [1.82, 2.24) is 9.78 Å². The number of hydrogen-bond donors (Lipinski definition) is 1. The van der Waals surface area contributed by atoms with Gasteiger partial charge in [-0.05, 0) is 24.3 Å². The molecule has 0 atom stereocenters. The number of carbonyl (C=O) groups is 1. The molecule has 1 fully saturated rings. The predicted octanol–water partition coefficient (Wildman–Crippen LogP) is 4.61. The maximum atomic E-state index is 13.4. The monoisotopic (exact) mass is 457 g/mol. The molecule has 5 rings (SSSR count). The molecule has 0 radical (unpaired) electrons. The largest absolute Gasteiger partial charge is 0.478 e. The van der Waals surface area contributed by atoms with Crippen molar-refractivity contribution in [2.24, 2.45) is 0 Å². The van der Waals surface area contributed by atoms with Crippen LogP contribution in [0.2, 0.25) is 0 Å². The van der Waals surface area contributed by atoms with Crippen molar-refractivity contribution in [2.45, 2.75) is 13.8 Å². The summed E-state index contributed by atoms with van der Waals surface area (Å²) in [4.78, 5) is 27.6. The molecular weight excluding hydrogens is 430 g/mol. The lowest BCUT2D eigenvalue weighted by Crippen LogP contribution is -2.36. The van der Waals surface area contributed by atoms with Crippen LogP contribution in [0.4, 0.5) is 5.69 Å². The first-order chi connectivity index (χ1) is 16.6. The van der Waals surface area contributed by atoms with E-state index in [4.69, 9.17) is 4.74 Å². The summed E-state index contributed by atoms with van der Waals surface area (Å²) in [7, 11) is 0. The van der Waals surface area contributed by atoms with Gasteiger partial charge in [-0.2, -0.15) is 9.78 Å². The quantitative estimate of drug-likeness (QED) is 0.482. The van der Waals surface area contributed by atoms with Crippen molar-refractivity contribution < 1.29 is 14.6 Å². The molecule has 0 bridgehead atoms. The molecule has 7 nitrogen and oxygen atoms in total. The van der Waals surface area contributed by atoms with Gasteiger partial charge >= 0.3 is 5.97 Å². The summed E-state index contributed by atoms with van der Waals surface area (Å²) in [5, 5.41) is 15.7. The summed E-state index contributed by atoms with van der Waals surface area (Å²) < 4.78 is 6.65. The van der Waals surface area contributed by atoms with Gasteiger partial charge in [0.05, 0.1) is 35.5 Å². The molecule has 34 heavy (non-hydrogen) atoms. The molecule has 1 aliphatic rings. The van der Waals surface area contributed by atoms with E-state index in [1.807, 2.05) is 56.3 Å². The summed E-state index contributed by atoms with van der Waals surface area (Å²) in [6.07, 6.45) is 0. The van der Waals surface area contributed by atoms with Crippen molar-refractivity contribution in [3.63, 3.8) is 0 Å².